The predicted octanol–water partition coefficient (Wildman–Crippen LogP) is -6.06. The Bertz CT molecular complexity index is 137. The van der Waals surface area contributed by atoms with E-state index < -0.39 is 27.1 Å². The number of hydrogen-bond acceptors (Lipinski definition) is 4. The normalized spacial score (nSPS) is 9.50. The first-order chi connectivity index (χ1) is 4.45. The van der Waals surface area contributed by atoms with Crippen LogP contribution in [0.15, 0.2) is 0 Å². The van der Waals surface area contributed by atoms with E-state index in [0.717, 1.165) is 0 Å². The van der Waals surface area contributed by atoms with Crippen LogP contribution in [0.4, 0.5) is 0 Å². The maximum Gasteiger partial charge on any atom is 0.469 e. The van der Waals surface area contributed by atoms with Gasteiger partial charge in [0.1, 0.15) is 6.10 Å². The van der Waals surface area contributed by atoms with Gasteiger partial charge in [0.25, 0.3) is 0 Å². The van der Waals surface area contributed by atoms with E-state index in [0.29, 0.717) is 0 Å². The summed E-state index contributed by atoms with van der Waals surface area (Å²) in [6.07, 6.45) is -1.24. The van der Waals surface area contributed by atoms with Gasteiger partial charge >= 0.3 is 7.82 Å². The summed E-state index contributed by atoms with van der Waals surface area (Å²) in [5.74, 6) is 0. The second-order valence-corrected chi connectivity index (χ2v) is 2.86. The molecule has 1 radical (unpaired) electrons. The summed E-state index contributed by atoms with van der Waals surface area (Å²) in [4.78, 5) is 16.1. The summed E-state index contributed by atoms with van der Waals surface area (Å²) in [6.45, 7) is -1.15. The number of aliphatic hydroxyl groups is 2. The third-order valence-electron chi connectivity index (χ3n) is 0.646. The van der Waals surface area contributed by atoms with E-state index in [1.165, 1.54) is 0 Å². The van der Waals surface area contributed by atoms with Gasteiger partial charge in [0, 0.05) is 29.6 Å². The van der Waals surface area contributed by atoms with Crippen molar-refractivity contribution in [2.45, 2.75) is 6.10 Å². The molecule has 0 bridgehead atoms. The van der Waals surface area contributed by atoms with Gasteiger partial charge in [-0.3, -0.25) is 4.52 Å². The van der Waals surface area contributed by atoms with E-state index in [9.17, 15) is 4.57 Å². The Hall–Kier alpha value is 0.830. The van der Waals surface area contributed by atoms with E-state index in [1.54, 1.807) is 0 Å². The van der Waals surface area contributed by atoms with Crippen LogP contribution in [0.2, 0.25) is 0 Å². The zero-order valence-corrected chi connectivity index (χ0v) is 11.4. The molecule has 0 fully saturated rings. The molecule has 16 heavy (non-hydrogen) atoms. The molecule has 1 atom stereocenters. The average molecular weight is 285 g/mol. The fourth-order valence-corrected chi connectivity index (χ4v) is 0.602. The van der Waals surface area contributed by atoms with E-state index in [2.05, 4.69) is 4.52 Å². The van der Waals surface area contributed by atoms with Crippen LogP contribution in [-0.4, -0.2) is 96.3 Å². The fraction of sp³-hybridized carbons (Fsp3) is 1.00. The summed E-state index contributed by atoms with van der Waals surface area (Å²) in [6, 6.07) is 0. The number of rotatable bonds is 4. The Morgan fingerprint density at radius 3 is 1.56 bits per heavy atom. The van der Waals surface area contributed by atoms with Crippen molar-refractivity contribution in [1.29, 1.82) is 0 Å². The Morgan fingerprint density at radius 1 is 1.06 bits per heavy atom. The molecule has 13 heteroatoms. The van der Waals surface area contributed by atoms with Gasteiger partial charge in [-0.1, -0.05) is 0 Å². The van der Waals surface area contributed by atoms with Gasteiger partial charge in [0.2, 0.25) is 0 Å². The van der Waals surface area contributed by atoms with E-state index in [1.807, 2.05) is 0 Å². The quantitative estimate of drug-likeness (QED) is 0.288. The first-order valence-electron chi connectivity index (χ1n) is 2.44. The Balaban J connectivity index is -0.0000000270. The minimum absolute atomic E-state index is 0. The zero-order valence-electron chi connectivity index (χ0n) is 8.54. The van der Waals surface area contributed by atoms with Crippen molar-refractivity contribution < 1.29 is 56.5 Å². The largest absolute Gasteiger partial charge is 0.469 e. The molecule has 103 valence electrons. The summed E-state index contributed by atoms with van der Waals surface area (Å²) < 4.78 is 13.8. The van der Waals surface area contributed by atoms with Crippen LogP contribution < -0.4 is 0 Å². The van der Waals surface area contributed by atoms with E-state index in [-0.39, 0.29) is 56.9 Å². The minimum atomic E-state index is -4.50. The molecule has 0 aliphatic carbocycles. The first kappa shape index (κ1) is 43.6. The molecule has 0 rings (SSSR count). The van der Waals surface area contributed by atoms with Crippen LogP contribution in [0.1, 0.15) is 0 Å². The molecule has 0 aromatic rings. The Labute approximate surface area is 113 Å². The summed E-state index contributed by atoms with van der Waals surface area (Å²) in [5.41, 5.74) is 0. The van der Waals surface area contributed by atoms with Crippen LogP contribution in [0.25, 0.3) is 0 Å². The molecule has 0 saturated carbocycles. The van der Waals surface area contributed by atoms with E-state index >= 15 is 0 Å². The Kier molecular flexibility index (Phi) is 57.7. The van der Waals surface area contributed by atoms with Gasteiger partial charge in [0.15, 0.2) is 0 Å². The van der Waals surface area contributed by atoms with Gasteiger partial charge < -0.3 is 47.4 Å². The van der Waals surface area contributed by atoms with Crippen molar-refractivity contribution in [3.63, 3.8) is 0 Å². The minimum Gasteiger partial charge on any atom is -0.412 e. The van der Waals surface area contributed by atoms with Gasteiger partial charge in [0.05, 0.1) is 13.2 Å². The van der Waals surface area contributed by atoms with Crippen LogP contribution >= 0.6 is 7.82 Å². The van der Waals surface area contributed by atoms with Gasteiger partial charge in [-0.2, -0.15) is 0 Å². The standard InChI is InChI=1S/C3H9O6P.Na.5H2O/c4-1-3(5)2-9-10(6,7)8;;;;;;/h3-5H,1-2H2,(H2,6,7,8);;5*1H2. The molecule has 1 unspecified atom stereocenters. The number of aliphatic hydroxyl groups excluding tert-OH is 2. The van der Waals surface area contributed by atoms with Crippen molar-refractivity contribution in [3.05, 3.63) is 0 Å². The molecule has 0 aliphatic rings. The molecule has 14 N–H and O–H groups in total. The van der Waals surface area contributed by atoms with Crippen molar-refractivity contribution in [2.75, 3.05) is 13.2 Å². The summed E-state index contributed by atoms with van der Waals surface area (Å²) in [5, 5.41) is 16.7. The topological polar surface area (TPSA) is 265 Å². The van der Waals surface area contributed by atoms with Gasteiger partial charge in [-0.25, -0.2) is 4.57 Å². The van der Waals surface area contributed by atoms with Crippen LogP contribution in [-0.2, 0) is 9.09 Å². The summed E-state index contributed by atoms with van der Waals surface area (Å²) in [7, 11) is -4.50. The van der Waals surface area contributed by atoms with Crippen molar-refractivity contribution in [1.82, 2.24) is 0 Å². The monoisotopic (exact) mass is 285 g/mol. The smallest absolute Gasteiger partial charge is 0.412 e. The Morgan fingerprint density at radius 2 is 1.38 bits per heavy atom. The van der Waals surface area contributed by atoms with Gasteiger partial charge in [-0.05, 0) is 0 Å². The molecule has 0 heterocycles. The van der Waals surface area contributed by atoms with Crippen molar-refractivity contribution in [3.8, 4) is 0 Å². The molecule has 11 nitrogen and oxygen atoms in total. The molecular formula is C3H19NaO11P. The number of hydrogen-bond donors (Lipinski definition) is 4. The molecule has 0 spiro atoms. The second kappa shape index (κ2) is 21.1. The van der Waals surface area contributed by atoms with Crippen LogP contribution in [0.3, 0.4) is 0 Å². The maximum absolute atomic E-state index is 9.93. The van der Waals surface area contributed by atoms with Crippen LogP contribution in [0.5, 0.6) is 0 Å². The molecular weight excluding hydrogens is 266 g/mol. The molecule has 0 aromatic heterocycles. The summed E-state index contributed by atoms with van der Waals surface area (Å²) >= 11 is 0. The van der Waals surface area contributed by atoms with Gasteiger partial charge in [-0.15, -0.1) is 0 Å². The third-order valence-corrected chi connectivity index (χ3v) is 1.13. The van der Waals surface area contributed by atoms with Crippen molar-refractivity contribution >= 4 is 37.4 Å². The predicted molar refractivity (Wildman–Crippen MR) is 54.9 cm³/mol. The van der Waals surface area contributed by atoms with Crippen LogP contribution in [0, 0.1) is 0 Å². The average Bonchev–Trinajstić information content (AvgIpc) is 1.81. The SMILES string of the molecule is O.O.O.O.O.O=P(O)(O)OCC(O)CO.[Na]. The second-order valence-electron chi connectivity index (χ2n) is 1.62. The zero-order chi connectivity index (χ0) is 8.20. The molecule has 0 aliphatic heterocycles. The molecule has 0 amide bonds. The first-order valence-corrected chi connectivity index (χ1v) is 3.98. The number of phosphoric ester groups is 1. The third kappa shape index (κ3) is 36.4. The molecule has 0 saturated heterocycles. The fourth-order valence-electron chi connectivity index (χ4n) is 0.236. The number of phosphoric acid groups is 1. The van der Waals surface area contributed by atoms with Crippen molar-refractivity contribution in [2.24, 2.45) is 0 Å². The van der Waals surface area contributed by atoms with E-state index in [4.69, 9.17) is 20.0 Å². The maximum atomic E-state index is 9.93. The molecule has 0 aromatic carbocycles.